The highest BCUT2D eigenvalue weighted by Crippen LogP contribution is 2.31. The van der Waals surface area contributed by atoms with Gasteiger partial charge in [0.05, 0.1) is 24.4 Å². The predicted molar refractivity (Wildman–Crippen MR) is 112 cm³/mol. The second kappa shape index (κ2) is 8.46. The van der Waals surface area contributed by atoms with Gasteiger partial charge in [-0.3, -0.25) is 9.59 Å². The number of aromatic nitrogens is 2. The van der Waals surface area contributed by atoms with Gasteiger partial charge in [-0.15, -0.1) is 0 Å². The molecule has 0 spiro atoms. The van der Waals surface area contributed by atoms with Crippen LogP contribution in [0.3, 0.4) is 0 Å². The van der Waals surface area contributed by atoms with Crippen LogP contribution in [0.25, 0.3) is 10.9 Å². The summed E-state index contributed by atoms with van der Waals surface area (Å²) >= 11 is 0. The number of benzene rings is 1. The summed E-state index contributed by atoms with van der Waals surface area (Å²) in [6, 6.07) is 11.1. The van der Waals surface area contributed by atoms with Gasteiger partial charge in [0.1, 0.15) is 5.39 Å². The molecule has 0 fully saturated rings. The van der Waals surface area contributed by atoms with Gasteiger partial charge >= 0.3 is 0 Å². The Kier molecular flexibility index (Phi) is 6.02. The van der Waals surface area contributed by atoms with Crippen molar-refractivity contribution in [2.24, 2.45) is 7.05 Å². The first-order valence-corrected chi connectivity index (χ1v) is 9.98. The Morgan fingerprint density at radius 3 is 2.39 bits per heavy atom. The molecule has 2 aromatic heterocycles. The number of carbonyl (C=O) groups excluding carboxylic acids is 1. The minimum Gasteiger partial charge on any atom is -0.491 e. The Morgan fingerprint density at radius 2 is 1.79 bits per heavy atom. The van der Waals surface area contributed by atoms with E-state index in [0.29, 0.717) is 29.7 Å². The van der Waals surface area contributed by atoms with Gasteiger partial charge in [-0.2, -0.15) is 0 Å². The van der Waals surface area contributed by atoms with Crippen molar-refractivity contribution < 1.29 is 9.53 Å². The molecule has 5 nitrogen and oxygen atoms in total. The number of ketones is 1. The van der Waals surface area contributed by atoms with E-state index in [4.69, 9.17) is 4.74 Å². The van der Waals surface area contributed by atoms with Crippen molar-refractivity contribution in [3.8, 4) is 5.75 Å². The zero-order valence-electron chi connectivity index (χ0n) is 17.1. The fraction of sp³-hybridized carbons (Fsp3) is 0.391. The van der Waals surface area contributed by atoms with E-state index in [0.717, 1.165) is 29.7 Å². The Bertz CT molecular complexity index is 1050. The number of Topliss-reactive ketones (excluding diaryl/α,β-unsaturated/α-hetero) is 1. The molecule has 0 atom stereocenters. The Labute approximate surface area is 165 Å². The average molecular weight is 380 g/mol. The fourth-order valence-corrected chi connectivity index (χ4v) is 3.69. The molecule has 0 aliphatic carbocycles. The van der Waals surface area contributed by atoms with Crippen LogP contribution in [-0.2, 0) is 26.4 Å². The lowest BCUT2D eigenvalue weighted by Crippen LogP contribution is -2.27. The standard InChI is InChI=1S/C23H28N2O3/c1-5-13-28-22-18(7-3)24(4)19-14-17(6-2)25(23(27)21(19)22)15-20(26)16-11-9-8-10-12-16/h8-12,14H,5-7,13,15H2,1-4H3. The molecule has 0 aliphatic heterocycles. The van der Waals surface area contributed by atoms with Crippen molar-refractivity contribution in [2.75, 3.05) is 6.61 Å². The summed E-state index contributed by atoms with van der Waals surface area (Å²) in [5.41, 5.74) is 3.19. The van der Waals surface area contributed by atoms with Gasteiger partial charge in [0.25, 0.3) is 5.56 Å². The summed E-state index contributed by atoms with van der Waals surface area (Å²) < 4.78 is 9.64. The van der Waals surface area contributed by atoms with Crippen molar-refractivity contribution in [3.63, 3.8) is 0 Å². The smallest absolute Gasteiger partial charge is 0.264 e. The van der Waals surface area contributed by atoms with Crippen molar-refractivity contribution in [2.45, 2.75) is 46.6 Å². The molecule has 0 saturated heterocycles. The highest BCUT2D eigenvalue weighted by atomic mass is 16.5. The summed E-state index contributed by atoms with van der Waals surface area (Å²) in [7, 11) is 1.97. The van der Waals surface area contributed by atoms with Crippen molar-refractivity contribution in [3.05, 3.63) is 63.7 Å². The highest BCUT2D eigenvalue weighted by molar-refractivity contribution is 5.96. The van der Waals surface area contributed by atoms with Crippen LogP contribution in [-0.4, -0.2) is 21.5 Å². The molecule has 5 heteroatoms. The molecule has 3 aromatic rings. The number of fused-ring (bicyclic) bond motifs is 1. The van der Waals surface area contributed by atoms with Crippen LogP contribution in [0, 0.1) is 0 Å². The Morgan fingerprint density at radius 1 is 1.07 bits per heavy atom. The molecule has 0 radical (unpaired) electrons. The summed E-state index contributed by atoms with van der Waals surface area (Å²) in [5.74, 6) is 0.592. The molecule has 28 heavy (non-hydrogen) atoms. The minimum atomic E-state index is -0.153. The number of hydrogen-bond donors (Lipinski definition) is 0. The van der Waals surface area contributed by atoms with E-state index in [9.17, 15) is 9.59 Å². The van der Waals surface area contributed by atoms with Gasteiger partial charge < -0.3 is 13.9 Å². The third-order valence-corrected chi connectivity index (χ3v) is 5.17. The normalized spacial score (nSPS) is 11.1. The Hall–Kier alpha value is -2.82. The van der Waals surface area contributed by atoms with Gasteiger partial charge in [0.2, 0.25) is 0 Å². The molecule has 2 heterocycles. The number of rotatable bonds is 8. The van der Waals surface area contributed by atoms with E-state index in [1.165, 1.54) is 0 Å². The van der Waals surface area contributed by atoms with E-state index in [-0.39, 0.29) is 17.9 Å². The van der Waals surface area contributed by atoms with Crippen LogP contribution in [0.1, 0.15) is 48.9 Å². The second-order valence-electron chi connectivity index (χ2n) is 6.97. The monoisotopic (exact) mass is 380 g/mol. The van der Waals surface area contributed by atoms with Gasteiger partial charge in [0, 0.05) is 18.3 Å². The van der Waals surface area contributed by atoms with Gasteiger partial charge in [-0.05, 0) is 25.3 Å². The molecule has 0 unspecified atom stereocenters. The van der Waals surface area contributed by atoms with Crippen LogP contribution >= 0.6 is 0 Å². The molecule has 148 valence electrons. The Balaban J connectivity index is 2.18. The molecule has 1 aromatic carbocycles. The highest BCUT2D eigenvalue weighted by Gasteiger charge is 2.22. The molecule has 0 bridgehead atoms. The van der Waals surface area contributed by atoms with E-state index < -0.39 is 0 Å². The number of nitrogens with zero attached hydrogens (tertiary/aromatic N) is 2. The molecular formula is C23H28N2O3. The van der Waals surface area contributed by atoms with Gasteiger partial charge in [-0.1, -0.05) is 51.1 Å². The summed E-state index contributed by atoms with van der Waals surface area (Å²) in [6.45, 7) is 6.70. The number of pyridine rings is 1. The molecule has 0 aliphatic rings. The molecular weight excluding hydrogens is 352 g/mol. The summed E-state index contributed by atoms with van der Waals surface area (Å²) in [5, 5.41) is 0.575. The van der Waals surface area contributed by atoms with Crippen molar-refractivity contribution >= 4 is 16.7 Å². The quantitative estimate of drug-likeness (QED) is 0.552. The lowest BCUT2D eigenvalue weighted by molar-refractivity contribution is 0.0970. The number of aryl methyl sites for hydroxylation is 2. The summed E-state index contributed by atoms with van der Waals surface area (Å²) in [6.07, 6.45) is 2.31. The summed E-state index contributed by atoms with van der Waals surface area (Å²) in [4.78, 5) is 26.2. The van der Waals surface area contributed by atoms with Gasteiger partial charge in [-0.25, -0.2) is 0 Å². The molecule has 0 N–H and O–H groups in total. The van der Waals surface area contributed by atoms with Crippen LogP contribution < -0.4 is 10.3 Å². The third kappa shape index (κ3) is 3.49. The minimum absolute atomic E-state index is 0.0333. The third-order valence-electron chi connectivity index (χ3n) is 5.17. The maximum absolute atomic E-state index is 13.5. The zero-order chi connectivity index (χ0) is 20.3. The maximum Gasteiger partial charge on any atom is 0.264 e. The number of carbonyl (C=O) groups is 1. The first-order chi connectivity index (χ1) is 13.5. The van der Waals surface area contributed by atoms with Crippen LogP contribution in [0.2, 0.25) is 0 Å². The molecule has 3 rings (SSSR count). The largest absolute Gasteiger partial charge is 0.491 e. The first-order valence-electron chi connectivity index (χ1n) is 9.98. The maximum atomic E-state index is 13.5. The van der Waals surface area contributed by atoms with Crippen molar-refractivity contribution in [1.82, 2.24) is 9.13 Å². The topological polar surface area (TPSA) is 53.2 Å². The molecule has 0 saturated carbocycles. The van der Waals surface area contributed by atoms with E-state index in [1.54, 1.807) is 16.7 Å². The lowest BCUT2D eigenvalue weighted by Gasteiger charge is -2.13. The van der Waals surface area contributed by atoms with E-state index in [1.807, 2.05) is 49.7 Å². The van der Waals surface area contributed by atoms with Crippen LogP contribution in [0.5, 0.6) is 5.75 Å². The molecule has 0 amide bonds. The number of ether oxygens (including phenoxy) is 1. The average Bonchev–Trinajstić information content (AvgIpc) is 2.99. The van der Waals surface area contributed by atoms with E-state index in [2.05, 4.69) is 6.92 Å². The van der Waals surface area contributed by atoms with Crippen LogP contribution in [0.15, 0.2) is 41.2 Å². The first kappa shape index (κ1) is 19.9. The van der Waals surface area contributed by atoms with Crippen LogP contribution in [0.4, 0.5) is 0 Å². The van der Waals surface area contributed by atoms with Crippen molar-refractivity contribution in [1.29, 1.82) is 0 Å². The number of hydrogen-bond acceptors (Lipinski definition) is 3. The SMILES string of the molecule is CCCOc1c(CC)n(C)c2cc(CC)n(CC(=O)c3ccccc3)c(=O)c12. The second-order valence-corrected chi connectivity index (χ2v) is 6.97. The van der Waals surface area contributed by atoms with E-state index >= 15 is 0 Å². The lowest BCUT2D eigenvalue weighted by atomic mass is 10.1. The predicted octanol–water partition coefficient (Wildman–Crippen LogP) is 4.14. The van der Waals surface area contributed by atoms with Gasteiger partial charge in [0.15, 0.2) is 11.5 Å². The fourth-order valence-electron chi connectivity index (χ4n) is 3.69. The zero-order valence-corrected chi connectivity index (χ0v) is 17.1.